The molecule has 1 N–H and O–H groups in total. The molecule has 0 unspecified atom stereocenters. The summed E-state index contributed by atoms with van der Waals surface area (Å²) in [7, 11) is 0. The monoisotopic (exact) mass is 290 g/mol. The maximum absolute atomic E-state index is 12.6. The predicted octanol–water partition coefficient (Wildman–Crippen LogP) is 3.55. The highest BCUT2D eigenvalue weighted by Crippen LogP contribution is 2.41. The second kappa shape index (κ2) is 5.05. The first-order valence-corrected chi connectivity index (χ1v) is 7.80. The highest BCUT2D eigenvalue weighted by Gasteiger charge is 2.38. The molecule has 1 aliphatic carbocycles. The van der Waals surface area contributed by atoms with Gasteiger partial charge >= 0.3 is 0 Å². The predicted molar refractivity (Wildman–Crippen MR) is 77.9 cm³/mol. The number of hydrogen-bond acceptors (Lipinski definition) is 4. The minimum Gasteiger partial charge on any atom is -0.361 e. The summed E-state index contributed by atoms with van der Waals surface area (Å²) in [6, 6.07) is 4.16. The molecule has 2 heterocycles. The van der Waals surface area contributed by atoms with Gasteiger partial charge < -0.3 is 9.84 Å². The lowest BCUT2D eigenvalue weighted by Crippen LogP contribution is -2.43. The van der Waals surface area contributed by atoms with E-state index >= 15 is 0 Å². The van der Waals surface area contributed by atoms with Crippen LogP contribution in [0.5, 0.6) is 0 Å². The number of rotatable bonds is 3. The van der Waals surface area contributed by atoms with E-state index < -0.39 is 0 Å². The summed E-state index contributed by atoms with van der Waals surface area (Å²) >= 11 is 1.71. The Morgan fingerprint density at radius 2 is 2.15 bits per heavy atom. The molecule has 1 saturated carbocycles. The van der Waals surface area contributed by atoms with E-state index in [1.807, 2.05) is 6.07 Å². The van der Waals surface area contributed by atoms with Crippen LogP contribution in [-0.4, -0.2) is 11.1 Å². The third-order valence-electron chi connectivity index (χ3n) is 4.06. The number of nitrogens with zero attached hydrogens (tertiary/aromatic N) is 1. The third-order valence-corrected chi connectivity index (χ3v) is 5.14. The summed E-state index contributed by atoms with van der Waals surface area (Å²) in [6.45, 7) is 3.58. The summed E-state index contributed by atoms with van der Waals surface area (Å²) in [6.07, 6.45) is 4.31. The standard InChI is InChI=1S/C15H18N2O2S/c1-10-13(11(2)19-17-10)14(18)16-15(7-3-4-8-15)12-6-5-9-20-12/h5-6,9H,3-4,7-8H2,1-2H3,(H,16,18). The number of amides is 1. The summed E-state index contributed by atoms with van der Waals surface area (Å²) in [5, 5.41) is 9.18. The number of carbonyl (C=O) groups is 1. The van der Waals surface area contributed by atoms with E-state index in [2.05, 4.69) is 21.9 Å². The van der Waals surface area contributed by atoms with Crippen LogP contribution in [0.2, 0.25) is 0 Å². The maximum Gasteiger partial charge on any atom is 0.257 e. The minimum atomic E-state index is -0.207. The fraction of sp³-hybridized carbons (Fsp3) is 0.467. The van der Waals surface area contributed by atoms with E-state index in [9.17, 15) is 4.79 Å². The normalized spacial score (nSPS) is 17.3. The number of thiophene rings is 1. The van der Waals surface area contributed by atoms with Gasteiger partial charge in [0, 0.05) is 4.88 Å². The Balaban J connectivity index is 1.90. The van der Waals surface area contributed by atoms with E-state index in [0.29, 0.717) is 17.0 Å². The van der Waals surface area contributed by atoms with E-state index in [0.717, 1.165) is 25.7 Å². The topological polar surface area (TPSA) is 55.1 Å². The van der Waals surface area contributed by atoms with E-state index in [4.69, 9.17) is 4.52 Å². The summed E-state index contributed by atoms with van der Waals surface area (Å²) in [4.78, 5) is 13.8. The van der Waals surface area contributed by atoms with Gasteiger partial charge in [0.1, 0.15) is 11.3 Å². The number of nitrogens with one attached hydrogen (secondary N) is 1. The number of aromatic nitrogens is 1. The third kappa shape index (κ3) is 2.16. The highest BCUT2D eigenvalue weighted by atomic mass is 32.1. The molecule has 0 aliphatic heterocycles. The van der Waals surface area contributed by atoms with E-state index in [1.54, 1.807) is 25.2 Å². The Kier molecular flexibility index (Phi) is 3.38. The van der Waals surface area contributed by atoms with Crippen molar-refractivity contribution >= 4 is 17.2 Å². The Bertz CT molecular complexity index is 590. The molecule has 0 saturated heterocycles. The Morgan fingerprint density at radius 3 is 2.70 bits per heavy atom. The van der Waals surface area contributed by atoms with Crippen LogP contribution in [0.25, 0.3) is 0 Å². The highest BCUT2D eigenvalue weighted by molar-refractivity contribution is 7.10. The smallest absolute Gasteiger partial charge is 0.257 e. The Labute approximate surface area is 122 Å². The second-order valence-electron chi connectivity index (χ2n) is 5.42. The van der Waals surface area contributed by atoms with Crippen LogP contribution in [0.4, 0.5) is 0 Å². The lowest BCUT2D eigenvalue weighted by Gasteiger charge is -2.29. The molecule has 1 amide bonds. The fourth-order valence-corrected chi connectivity index (χ4v) is 3.99. The zero-order chi connectivity index (χ0) is 14.2. The molecule has 0 spiro atoms. The second-order valence-corrected chi connectivity index (χ2v) is 6.37. The van der Waals surface area contributed by atoms with Crippen LogP contribution in [-0.2, 0) is 5.54 Å². The molecule has 0 atom stereocenters. The van der Waals surface area contributed by atoms with Crippen molar-refractivity contribution in [3.8, 4) is 0 Å². The molecule has 0 bridgehead atoms. The van der Waals surface area contributed by atoms with Crippen molar-refractivity contribution in [3.63, 3.8) is 0 Å². The van der Waals surface area contributed by atoms with Crippen molar-refractivity contribution in [1.29, 1.82) is 0 Å². The molecule has 1 aliphatic rings. The largest absolute Gasteiger partial charge is 0.361 e. The lowest BCUT2D eigenvalue weighted by atomic mass is 9.94. The van der Waals surface area contributed by atoms with Gasteiger partial charge in [-0.2, -0.15) is 0 Å². The zero-order valence-electron chi connectivity index (χ0n) is 11.7. The SMILES string of the molecule is Cc1noc(C)c1C(=O)NC1(c2cccs2)CCCC1. The molecular weight excluding hydrogens is 272 g/mol. The van der Waals surface area contributed by atoms with Crippen LogP contribution in [0.3, 0.4) is 0 Å². The fourth-order valence-electron chi connectivity index (χ4n) is 3.05. The van der Waals surface area contributed by atoms with Crippen LogP contribution in [0.1, 0.15) is 52.4 Å². The van der Waals surface area contributed by atoms with Gasteiger partial charge in [0.2, 0.25) is 0 Å². The molecule has 0 aromatic carbocycles. The Morgan fingerprint density at radius 1 is 1.40 bits per heavy atom. The molecule has 2 aromatic rings. The van der Waals surface area contributed by atoms with Gasteiger partial charge in [0.15, 0.2) is 0 Å². The molecule has 106 valence electrons. The quantitative estimate of drug-likeness (QED) is 0.940. The van der Waals surface area contributed by atoms with Crippen molar-refractivity contribution < 1.29 is 9.32 Å². The lowest BCUT2D eigenvalue weighted by molar-refractivity contribution is 0.0898. The van der Waals surface area contributed by atoms with Crippen molar-refractivity contribution in [3.05, 3.63) is 39.4 Å². The van der Waals surface area contributed by atoms with Crippen molar-refractivity contribution in [2.75, 3.05) is 0 Å². The molecule has 3 rings (SSSR count). The van der Waals surface area contributed by atoms with E-state index in [-0.39, 0.29) is 11.4 Å². The molecule has 2 aromatic heterocycles. The Hall–Kier alpha value is -1.62. The first-order chi connectivity index (χ1) is 9.62. The van der Waals surface area contributed by atoms with Gasteiger partial charge in [-0.25, -0.2) is 0 Å². The van der Waals surface area contributed by atoms with Crippen LogP contribution >= 0.6 is 11.3 Å². The molecule has 1 fully saturated rings. The van der Waals surface area contributed by atoms with Crippen molar-refractivity contribution in [2.24, 2.45) is 0 Å². The van der Waals surface area contributed by atoms with Gasteiger partial charge in [0.05, 0.1) is 11.2 Å². The number of hydrogen-bond donors (Lipinski definition) is 1. The number of carbonyl (C=O) groups excluding carboxylic acids is 1. The van der Waals surface area contributed by atoms with Gasteiger partial charge in [-0.1, -0.05) is 24.1 Å². The van der Waals surface area contributed by atoms with Gasteiger partial charge in [-0.3, -0.25) is 4.79 Å². The van der Waals surface area contributed by atoms with Gasteiger partial charge in [0.25, 0.3) is 5.91 Å². The number of aryl methyl sites for hydroxylation is 2. The first kappa shape index (κ1) is 13.4. The molecule has 5 heteroatoms. The molecule has 4 nitrogen and oxygen atoms in total. The van der Waals surface area contributed by atoms with E-state index in [1.165, 1.54) is 4.88 Å². The van der Waals surface area contributed by atoms with Crippen LogP contribution < -0.4 is 5.32 Å². The molecular formula is C15H18N2O2S. The summed E-state index contributed by atoms with van der Waals surface area (Å²) in [5.41, 5.74) is 1.02. The molecule has 0 radical (unpaired) electrons. The molecule has 20 heavy (non-hydrogen) atoms. The van der Waals surface area contributed by atoms with Crippen molar-refractivity contribution in [2.45, 2.75) is 45.1 Å². The van der Waals surface area contributed by atoms with Crippen LogP contribution in [0.15, 0.2) is 22.0 Å². The van der Waals surface area contributed by atoms with Gasteiger partial charge in [-0.05, 0) is 38.1 Å². The minimum absolute atomic E-state index is 0.0726. The first-order valence-electron chi connectivity index (χ1n) is 6.92. The average Bonchev–Trinajstić information content (AvgIpc) is 3.11. The van der Waals surface area contributed by atoms with Crippen LogP contribution in [0, 0.1) is 13.8 Å². The van der Waals surface area contributed by atoms with Gasteiger partial charge in [-0.15, -0.1) is 11.3 Å². The van der Waals surface area contributed by atoms with Crippen molar-refractivity contribution in [1.82, 2.24) is 10.5 Å². The summed E-state index contributed by atoms with van der Waals surface area (Å²) < 4.78 is 5.10. The maximum atomic E-state index is 12.6. The zero-order valence-corrected chi connectivity index (χ0v) is 12.5. The average molecular weight is 290 g/mol. The summed E-state index contributed by atoms with van der Waals surface area (Å²) in [5.74, 6) is 0.510.